The molecule has 14 heteroatoms. The van der Waals surface area contributed by atoms with Crippen molar-refractivity contribution in [2.75, 3.05) is 18.2 Å². The van der Waals surface area contributed by atoms with Crippen LogP contribution >= 0.6 is 11.6 Å². The molecule has 0 aliphatic carbocycles. The van der Waals surface area contributed by atoms with Crippen molar-refractivity contribution in [3.63, 3.8) is 0 Å². The largest absolute Gasteiger partial charge is 0.452 e. The van der Waals surface area contributed by atoms with Gasteiger partial charge in [-0.2, -0.15) is 13.2 Å². The van der Waals surface area contributed by atoms with Crippen LogP contribution in [0.3, 0.4) is 0 Å². The molecule has 0 saturated carbocycles. The van der Waals surface area contributed by atoms with E-state index in [0.29, 0.717) is 12.1 Å². The number of alkyl halides is 3. The van der Waals surface area contributed by atoms with Crippen molar-refractivity contribution in [1.29, 1.82) is 0 Å². The number of carbonyl (C=O) groups is 2. The minimum absolute atomic E-state index is 0.133. The number of hydrogen-bond acceptors (Lipinski definition) is 7. The number of nitrogens with one attached hydrogen (secondary N) is 1. The van der Waals surface area contributed by atoms with Gasteiger partial charge in [0.05, 0.1) is 26.0 Å². The molecule has 2 aromatic carbocycles. The Hall–Kier alpha value is -3.19. The quantitative estimate of drug-likeness (QED) is 0.380. The Morgan fingerprint density at radius 1 is 1.19 bits per heavy atom. The number of rotatable bonds is 6. The maximum atomic E-state index is 12.7. The highest BCUT2D eigenvalue weighted by atomic mass is 35.5. The lowest BCUT2D eigenvalue weighted by Crippen LogP contribution is -2.21. The van der Waals surface area contributed by atoms with E-state index < -0.39 is 56.4 Å². The van der Waals surface area contributed by atoms with Crippen LogP contribution in [0.25, 0.3) is 0 Å². The molecule has 0 atom stereocenters. The predicted molar refractivity (Wildman–Crippen MR) is 102 cm³/mol. The van der Waals surface area contributed by atoms with Crippen LogP contribution in [0, 0.1) is 10.1 Å². The van der Waals surface area contributed by atoms with Gasteiger partial charge in [0.15, 0.2) is 16.4 Å². The van der Waals surface area contributed by atoms with Gasteiger partial charge in [0.25, 0.3) is 11.6 Å². The van der Waals surface area contributed by atoms with Crippen LogP contribution in [0.1, 0.15) is 15.9 Å². The molecule has 0 aliphatic rings. The van der Waals surface area contributed by atoms with Gasteiger partial charge >= 0.3 is 12.1 Å². The number of ether oxygens (including phenoxy) is 1. The molecule has 1 N–H and O–H groups in total. The monoisotopic (exact) mass is 480 g/mol. The maximum Gasteiger partial charge on any atom is 0.416 e. The molecule has 1 amide bonds. The first-order valence-electron chi connectivity index (χ1n) is 8.02. The summed E-state index contributed by atoms with van der Waals surface area (Å²) in [5.74, 6) is -2.17. The van der Waals surface area contributed by atoms with Gasteiger partial charge in [0, 0.05) is 12.3 Å². The van der Waals surface area contributed by atoms with Crippen LogP contribution in [0.4, 0.5) is 24.5 Å². The van der Waals surface area contributed by atoms with Crippen LogP contribution in [0.15, 0.2) is 41.3 Å². The molecule has 9 nitrogen and oxygen atoms in total. The molecule has 0 heterocycles. The Bertz CT molecular complexity index is 1170. The lowest BCUT2D eigenvalue weighted by atomic mass is 10.1. The van der Waals surface area contributed by atoms with Gasteiger partial charge in [-0.1, -0.05) is 11.6 Å². The van der Waals surface area contributed by atoms with Crippen molar-refractivity contribution < 1.29 is 40.8 Å². The summed E-state index contributed by atoms with van der Waals surface area (Å²) < 4.78 is 66.1. The van der Waals surface area contributed by atoms with Gasteiger partial charge in [-0.05, 0) is 30.3 Å². The van der Waals surface area contributed by atoms with Crippen molar-refractivity contribution in [1.82, 2.24) is 0 Å². The number of nitrogens with zero attached hydrogens (tertiary/aromatic N) is 1. The third kappa shape index (κ3) is 6.15. The van der Waals surface area contributed by atoms with E-state index in [9.17, 15) is 41.3 Å². The standard InChI is InChI=1S/C17H12ClF3N2O7S/c1-31(28,29)14-6-9(2-4-11(14)18)16(25)30-8-15(24)22-12-5-3-10(17(19,20)21)7-13(12)23(26)27/h2-7H,8H2,1H3,(H,22,24). The number of anilines is 1. The summed E-state index contributed by atoms with van der Waals surface area (Å²) in [6.07, 6.45) is -3.96. The van der Waals surface area contributed by atoms with Gasteiger partial charge in [-0.15, -0.1) is 0 Å². The molecule has 0 fully saturated rings. The van der Waals surface area contributed by atoms with Gasteiger partial charge < -0.3 is 10.1 Å². The van der Waals surface area contributed by atoms with E-state index in [-0.39, 0.29) is 21.5 Å². The van der Waals surface area contributed by atoms with E-state index >= 15 is 0 Å². The average molecular weight is 481 g/mol. The van der Waals surface area contributed by atoms with Crippen molar-refractivity contribution in [2.45, 2.75) is 11.1 Å². The van der Waals surface area contributed by atoms with Crippen LogP contribution in [0.5, 0.6) is 0 Å². The highest BCUT2D eigenvalue weighted by Gasteiger charge is 2.33. The van der Waals surface area contributed by atoms with E-state index in [1.807, 2.05) is 5.32 Å². The Morgan fingerprint density at radius 2 is 1.84 bits per heavy atom. The zero-order chi connectivity index (χ0) is 23.6. The Morgan fingerprint density at radius 3 is 2.39 bits per heavy atom. The minimum Gasteiger partial charge on any atom is -0.452 e. The number of amides is 1. The summed E-state index contributed by atoms with van der Waals surface area (Å²) in [6.45, 7) is -0.951. The normalized spacial score (nSPS) is 11.6. The third-order valence-electron chi connectivity index (χ3n) is 3.70. The fraction of sp³-hybridized carbons (Fsp3) is 0.176. The molecular formula is C17H12ClF3N2O7S. The molecule has 0 saturated heterocycles. The van der Waals surface area contributed by atoms with Crippen molar-refractivity contribution >= 4 is 44.7 Å². The van der Waals surface area contributed by atoms with Gasteiger partial charge in [0.2, 0.25) is 0 Å². The van der Waals surface area contributed by atoms with Gasteiger partial charge in [-0.3, -0.25) is 14.9 Å². The number of benzene rings is 2. The second-order valence-corrected chi connectivity index (χ2v) is 8.42. The van der Waals surface area contributed by atoms with E-state index in [0.717, 1.165) is 24.5 Å². The predicted octanol–water partition coefficient (Wildman–Crippen LogP) is 3.47. The number of esters is 1. The van der Waals surface area contributed by atoms with E-state index in [4.69, 9.17) is 16.3 Å². The van der Waals surface area contributed by atoms with E-state index in [1.165, 1.54) is 0 Å². The Kier molecular flexibility index (Phi) is 6.91. The highest BCUT2D eigenvalue weighted by Crippen LogP contribution is 2.35. The topological polar surface area (TPSA) is 133 Å². The molecule has 0 spiro atoms. The molecule has 0 aromatic heterocycles. The first kappa shape index (κ1) is 24.1. The second-order valence-electron chi connectivity index (χ2n) is 6.03. The van der Waals surface area contributed by atoms with Gasteiger partial charge in [0.1, 0.15) is 5.69 Å². The zero-order valence-corrected chi connectivity index (χ0v) is 17.0. The molecule has 0 bridgehead atoms. The summed E-state index contributed by atoms with van der Waals surface area (Å²) in [4.78, 5) is 33.5. The average Bonchev–Trinajstić information content (AvgIpc) is 2.64. The molecular weight excluding hydrogens is 469 g/mol. The lowest BCUT2D eigenvalue weighted by molar-refractivity contribution is -0.384. The molecule has 31 heavy (non-hydrogen) atoms. The Balaban J connectivity index is 2.12. The maximum absolute atomic E-state index is 12.7. The fourth-order valence-electron chi connectivity index (χ4n) is 2.28. The third-order valence-corrected chi connectivity index (χ3v) is 5.27. The number of nitro benzene ring substituents is 1. The van der Waals surface area contributed by atoms with Crippen LogP contribution in [-0.2, 0) is 25.5 Å². The molecule has 0 radical (unpaired) electrons. The Labute approximate surface area is 177 Å². The summed E-state index contributed by atoms with van der Waals surface area (Å²) in [6, 6.07) is 4.71. The fourth-order valence-corrected chi connectivity index (χ4v) is 3.58. The van der Waals surface area contributed by atoms with Crippen LogP contribution < -0.4 is 5.32 Å². The molecule has 2 rings (SSSR count). The van der Waals surface area contributed by atoms with Gasteiger partial charge in [-0.25, -0.2) is 13.2 Å². The van der Waals surface area contributed by atoms with Crippen molar-refractivity contribution in [3.05, 3.63) is 62.7 Å². The summed E-state index contributed by atoms with van der Waals surface area (Å²) in [5.41, 5.74) is -3.07. The summed E-state index contributed by atoms with van der Waals surface area (Å²) in [5, 5.41) is 12.9. The molecule has 0 aliphatic heterocycles. The van der Waals surface area contributed by atoms with E-state index in [1.54, 1.807) is 0 Å². The summed E-state index contributed by atoms with van der Waals surface area (Å²) in [7, 11) is -3.75. The highest BCUT2D eigenvalue weighted by molar-refractivity contribution is 7.90. The zero-order valence-electron chi connectivity index (χ0n) is 15.4. The van der Waals surface area contributed by atoms with Crippen LogP contribution in [0.2, 0.25) is 5.02 Å². The minimum atomic E-state index is -4.83. The van der Waals surface area contributed by atoms with Crippen LogP contribution in [-0.4, -0.2) is 38.1 Å². The number of hydrogen-bond donors (Lipinski definition) is 1. The van der Waals surface area contributed by atoms with Crippen molar-refractivity contribution in [3.8, 4) is 0 Å². The lowest BCUT2D eigenvalue weighted by Gasteiger charge is -2.10. The first-order valence-corrected chi connectivity index (χ1v) is 10.3. The summed E-state index contributed by atoms with van der Waals surface area (Å²) >= 11 is 5.76. The second kappa shape index (κ2) is 8.89. The molecule has 2 aromatic rings. The number of carbonyl (C=O) groups excluding carboxylic acids is 2. The SMILES string of the molecule is CS(=O)(=O)c1cc(C(=O)OCC(=O)Nc2ccc(C(F)(F)F)cc2[N+](=O)[O-])ccc1Cl. The number of nitro groups is 1. The smallest absolute Gasteiger partial charge is 0.416 e. The van der Waals surface area contributed by atoms with Crippen molar-refractivity contribution in [2.24, 2.45) is 0 Å². The molecule has 166 valence electrons. The van der Waals surface area contributed by atoms with E-state index in [2.05, 4.69) is 0 Å². The number of halogens is 4. The first-order chi connectivity index (χ1) is 14.2. The molecule has 0 unspecified atom stereocenters. The number of sulfone groups is 1.